The first-order chi connectivity index (χ1) is 6.76. The second kappa shape index (κ2) is 8.85. The molecular formula is C12H16BrN. The lowest BCUT2D eigenvalue weighted by molar-refractivity contribution is 0.595. The van der Waals surface area contributed by atoms with Crippen LogP contribution in [-0.2, 0) is 0 Å². The van der Waals surface area contributed by atoms with Gasteiger partial charge in [0.2, 0.25) is 0 Å². The largest absolute Gasteiger partial charge is 0.243 e. The molecule has 0 N–H and O–H groups in total. The van der Waals surface area contributed by atoms with Crippen molar-refractivity contribution in [1.82, 2.24) is 0 Å². The van der Waals surface area contributed by atoms with E-state index >= 15 is 0 Å². The van der Waals surface area contributed by atoms with E-state index < -0.39 is 0 Å². The molecule has 1 aliphatic rings. The van der Waals surface area contributed by atoms with E-state index in [1.807, 2.05) is 6.92 Å². The Kier molecular flexibility index (Phi) is 8.39. The summed E-state index contributed by atoms with van der Waals surface area (Å²) in [5, 5.41) is 0.660. The number of rotatable bonds is 0. The van der Waals surface area contributed by atoms with Gasteiger partial charge in [-0.1, -0.05) is 46.7 Å². The number of halogens is 1. The van der Waals surface area contributed by atoms with Crippen molar-refractivity contribution in [3.05, 3.63) is 22.7 Å². The minimum Gasteiger partial charge on any atom is -0.243 e. The Balaban J connectivity index is 0.000000364. The molecule has 0 aromatic heterocycles. The first-order valence-electron chi connectivity index (χ1n) is 4.81. The van der Waals surface area contributed by atoms with Crippen molar-refractivity contribution in [2.45, 2.75) is 39.0 Å². The standard InChI is InChI=1S/C9H13N.C3H3Br/c1-8(10-2)9-6-4-3-5-7-9;1-2-3-4/h3-7H2,1H3;1H,3H2. The van der Waals surface area contributed by atoms with Crippen molar-refractivity contribution >= 4 is 15.9 Å². The highest BCUT2D eigenvalue weighted by atomic mass is 79.9. The molecule has 1 saturated carbocycles. The van der Waals surface area contributed by atoms with Crippen LogP contribution in [-0.4, -0.2) is 5.33 Å². The molecule has 0 atom stereocenters. The molecule has 0 aromatic rings. The van der Waals surface area contributed by atoms with Crippen molar-refractivity contribution in [1.29, 1.82) is 0 Å². The maximum Gasteiger partial charge on any atom is 0.161 e. The molecule has 0 amide bonds. The van der Waals surface area contributed by atoms with E-state index in [9.17, 15) is 0 Å². The summed E-state index contributed by atoms with van der Waals surface area (Å²) >= 11 is 3.01. The van der Waals surface area contributed by atoms with Crippen LogP contribution >= 0.6 is 15.9 Å². The van der Waals surface area contributed by atoms with E-state index in [1.165, 1.54) is 37.7 Å². The lowest BCUT2D eigenvalue weighted by atomic mass is 9.94. The molecule has 0 aromatic carbocycles. The summed E-state index contributed by atoms with van der Waals surface area (Å²) in [4.78, 5) is 3.44. The van der Waals surface area contributed by atoms with Crippen LogP contribution in [0.2, 0.25) is 0 Å². The summed E-state index contributed by atoms with van der Waals surface area (Å²) in [7, 11) is 0. The number of terminal acetylenes is 1. The Morgan fingerprint density at radius 1 is 1.50 bits per heavy atom. The van der Waals surface area contributed by atoms with Gasteiger partial charge in [-0.25, -0.2) is 4.85 Å². The van der Waals surface area contributed by atoms with E-state index in [4.69, 9.17) is 13.0 Å². The Hall–Kier alpha value is -0.730. The highest BCUT2D eigenvalue weighted by Crippen LogP contribution is 2.25. The maximum atomic E-state index is 6.81. The van der Waals surface area contributed by atoms with E-state index in [1.54, 1.807) is 0 Å². The van der Waals surface area contributed by atoms with E-state index in [-0.39, 0.29) is 0 Å². The van der Waals surface area contributed by atoms with E-state index in [2.05, 4.69) is 26.7 Å². The van der Waals surface area contributed by atoms with Gasteiger partial charge >= 0.3 is 0 Å². The SMILES string of the molecule is C#CCBr.[C-]#[N+]C(C)=C1CCCCC1. The maximum absolute atomic E-state index is 6.81. The lowest BCUT2D eigenvalue weighted by Gasteiger charge is -2.13. The Labute approximate surface area is 95.5 Å². The van der Waals surface area contributed by atoms with Gasteiger partial charge in [-0.2, -0.15) is 0 Å². The van der Waals surface area contributed by atoms with Crippen molar-refractivity contribution in [3.63, 3.8) is 0 Å². The van der Waals surface area contributed by atoms with Gasteiger partial charge in [0.25, 0.3) is 0 Å². The highest BCUT2D eigenvalue weighted by Gasteiger charge is 2.07. The van der Waals surface area contributed by atoms with Gasteiger partial charge in [0, 0.05) is 0 Å². The zero-order valence-electron chi connectivity index (χ0n) is 8.65. The normalized spacial score (nSPS) is 14.4. The van der Waals surface area contributed by atoms with Crippen LogP contribution in [0.25, 0.3) is 4.85 Å². The van der Waals surface area contributed by atoms with Crippen LogP contribution in [0.1, 0.15) is 39.0 Å². The predicted molar refractivity (Wildman–Crippen MR) is 65.0 cm³/mol. The molecule has 0 radical (unpaired) electrons. The number of allylic oxidation sites excluding steroid dienone is 2. The van der Waals surface area contributed by atoms with Crippen LogP contribution in [0.4, 0.5) is 0 Å². The molecule has 0 bridgehead atoms. The van der Waals surface area contributed by atoms with Gasteiger partial charge in [-0.15, -0.1) is 6.42 Å². The third-order valence-electron chi connectivity index (χ3n) is 2.21. The summed E-state index contributed by atoms with van der Waals surface area (Å²) < 4.78 is 0. The molecule has 1 rings (SSSR count). The molecule has 1 fully saturated rings. The van der Waals surface area contributed by atoms with Gasteiger partial charge in [0.1, 0.15) is 0 Å². The van der Waals surface area contributed by atoms with Gasteiger partial charge in [-0.3, -0.25) is 0 Å². The second-order valence-electron chi connectivity index (χ2n) is 3.20. The molecule has 0 saturated heterocycles. The molecule has 0 spiro atoms. The van der Waals surface area contributed by atoms with Gasteiger partial charge in [-0.05, 0) is 19.8 Å². The predicted octanol–water partition coefficient (Wildman–Crippen LogP) is 4.16. The van der Waals surface area contributed by atoms with Crippen LogP contribution in [0.3, 0.4) is 0 Å². The van der Waals surface area contributed by atoms with Crippen LogP contribution < -0.4 is 0 Å². The molecule has 1 nitrogen and oxygen atoms in total. The first kappa shape index (κ1) is 13.3. The number of hydrogen-bond donors (Lipinski definition) is 0. The molecular weight excluding hydrogens is 238 g/mol. The third kappa shape index (κ3) is 5.84. The summed E-state index contributed by atoms with van der Waals surface area (Å²) in [6.07, 6.45) is 11.0. The molecule has 0 aliphatic heterocycles. The van der Waals surface area contributed by atoms with Gasteiger partial charge in [0.05, 0.1) is 11.9 Å². The van der Waals surface area contributed by atoms with Gasteiger partial charge in [0.15, 0.2) is 5.70 Å². The molecule has 0 unspecified atom stereocenters. The van der Waals surface area contributed by atoms with Crippen molar-refractivity contribution < 1.29 is 0 Å². The minimum absolute atomic E-state index is 0.660. The molecule has 76 valence electrons. The third-order valence-corrected chi connectivity index (χ3v) is 2.54. The average molecular weight is 254 g/mol. The monoisotopic (exact) mass is 253 g/mol. The summed E-state index contributed by atoms with van der Waals surface area (Å²) in [6, 6.07) is 0. The number of hydrogen-bond acceptors (Lipinski definition) is 0. The number of nitrogens with zero attached hydrogens (tertiary/aromatic N) is 1. The highest BCUT2D eigenvalue weighted by molar-refractivity contribution is 9.09. The molecule has 2 heteroatoms. The lowest BCUT2D eigenvalue weighted by Crippen LogP contribution is -1.94. The fourth-order valence-electron chi connectivity index (χ4n) is 1.42. The zero-order valence-corrected chi connectivity index (χ0v) is 10.2. The Bertz CT molecular complexity index is 257. The van der Waals surface area contributed by atoms with Crippen LogP contribution in [0.5, 0.6) is 0 Å². The topological polar surface area (TPSA) is 4.36 Å². The summed E-state index contributed by atoms with van der Waals surface area (Å²) in [6.45, 7) is 8.75. The fraction of sp³-hybridized carbons (Fsp3) is 0.583. The van der Waals surface area contributed by atoms with Crippen molar-refractivity contribution in [3.8, 4) is 12.3 Å². The quantitative estimate of drug-likeness (QED) is 0.347. The molecule has 14 heavy (non-hydrogen) atoms. The van der Waals surface area contributed by atoms with E-state index in [0.717, 1.165) is 5.70 Å². The van der Waals surface area contributed by atoms with Crippen molar-refractivity contribution in [2.24, 2.45) is 0 Å². The first-order valence-corrected chi connectivity index (χ1v) is 5.94. The fourth-order valence-corrected chi connectivity index (χ4v) is 1.42. The van der Waals surface area contributed by atoms with Crippen LogP contribution in [0.15, 0.2) is 11.3 Å². The van der Waals surface area contributed by atoms with Crippen LogP contribution in [0, 0.1) is 18.9 Å². The summed E-state index contributed by atoms with van der Waals surface area (Å²) in [5.41, 5.74) is 2.35. The average Bonchev–Trinajstić information content (AvgIpc) is 2.29. The summed E-state index contributed by atoms with van der Waals surface area (Å²) in [5.74, 6) is 2.35. The Morgan fingerprint density at radius 3 is 2.36 bits per heavy atom. The minimum atomic E-state index is 0.660. The Morgan fingerprint density at radius 2 is 2.00 bits per heavy atom. The van der Waals surface area contributed by atoms with Crippen molar-refractivity contribution in [2.75, 3.05) is 5.33 Å². The second-order valence-corrected chi connectivity index (χ2v) is 3.76. The van der Waals surface area contributed by atoms with Gasteiger partial charge < -0.3 is 0 Å². The van der Waals surface area contributed by atoms with E-state index in [0.29, 0.717) is 5.33 Å². The zero-order chi connectivity index (χ0) is 10.8. The number of alkyl halides is 1. The molecule has 0 heterocycles. The smallest absolute Gasteiger partial charge is 0.161 e. The molecule has 1 aliphatic carbocycles.